The Bertz CT molecular complexity index is 1130. The van der Waals surface area contributed by atoms with Crippen molar-refractivity contribution in [2.45, 2.75) is 69.8 Å². The molecule has 8 heteroatoms. The fourth-order valence-corrected chi connectivity index (χ4v) is 8.92. The Morgan fingerprint density at radius 1 is 1.16 bits per heavy atom. The summed E-state index contributed by atoms with van der Waals surface area (Å²) in [4.78, 5) is 0.0473. The lowest BCUT2D eigenvalue weighted by molar-refractivity contribution is -0.369. The van der Waals surface area contributed by atoms with Gasteiger partial charge in [0.2, 0.25) is 5.79 Å². The predicted molar refractivity (Wildman–Crippen MR) is 116 cm³/mol. The van der Waals surface area contributed by atoms with Gasteiger partial charge in [-0.2, -0.15) is 8.42 Å². The van der Waals surface area contributed by atoms with Gasteiger partial charge in [0.15, 0.2) is 0 Å². The van der Waals surface area contributed by atoms with Gasteiger partial charge in [-0.1, -0.05) is 31.5 Å². The lowest BCUT2D eigenvalue weighted by Gasteiger charge is -2.71. The van der Waals surface area contributed by atoms with Gasteiger partial charge < -0.3 is 23.9 Å². The number of methoxy groups -OCH3 is 1. The SMILES string of the molecule is COC12OCC3(C)C4(O)CCC(C)C4(C(C)=C(OS(=O)(=O)c4ccc(C)cc4)C13C)C2O. The first-order valence-electron chi connectivity index (χ1n) is 11.1. The van der Waals surface area contributed by atoms with E-state index in [1.54, 1.807) is 26.0 Å². The molecule has 0 aromatic heterocycles. The molecule has 0 amide bonds. The van der Waals surface area contributed by atoms with Gasteiger partial charge in [-0.3, -0.25) is 0 Å². The molecule has 1 heterocycles. The zero-order valence-corrected chi connectivity index (χ0v) is 20.2. The Morgan fingerprint density at radius 3 is 2.38 bits per heavy atom. The van der Waals surface area contributed by atoms with Gasteiger partial charge in [0, 0.05) is 12.5 Å². The van der Waals surface area contributed by atoms with Crippen LogP contribution in [0.5, 0.6) is 0 Å². The molecule has 1 spiro atoms. The molecule has 1 aromatic carbocycles. The van der Waals surface area contributed by atoms with Crippen LogP contribution in [-0.4, -0.2) is 49.8 Å². The third-order valence-corrected chi connectivity index (χ3v) is 10.9. The van der Waals surface area contributed by atoms with Gasteiger partial charge in [0.25, 0.3) is 0 Å². The quantitative estimate of drug-likeness (QED) is 0.661. The number of benzene rings is 1. The van der Waals surface area contributed by atoms with Crippen molar-refractivity contribution in [3.63, 3.8) is 0 Å². The summed E-state index contributed by atoms with van der Waals surface area (Å²) in [5.74, 6) is -1.46. The summed E-state index contributed by atoms with van der Waals surface area (Å²) in [6.45, 7) is 9.45. The zero-order chi connectivity index (χ0) is 23.5. The molecule has 176 valence electrons. The molecule has 7 unspecified atom stereocenters. The van der Waals surface area contributed by atoms with E-state index in [0.29, 0.717) is 18.4 Å². The Hall–Kier alpha value is -1.45. The molecule has 2 saturated carbocycles. The second-order valence-corrected chi connectivity index (χ2v) is 12.0. The molecule has 7 atom stereocenters. The second kappa shape index (κ2) is 6.16. The number of aliphatic hydroxyl groups is 2. The summed E-state index contributed by atoms with van der Waals surface area (Å²) in [7, 11) is -2.71. The summed E-state index contributed by atoms with van der Waals surface area (Å²) in [6, 6.07) is 6.48. The van der Waals surface area contributed by atoms with E-state index in [1.165, 1.54) is 19.2 Å². The molecular weight excluding hydrogens is 432 g/mol. The minimum atomic E-state index is -4.17. The molecule has 32 heavy (non-hydrogen) atoms. The lowest BCUT2D eigenvalue weighted by Crippen LogP contribution is -2.82. The Balaban J connectivity index is 1.79. The van der Waals surface area contributed by atoms with Gasteiger partial charge in [-0.25, -0.2) is 0 Å². The average Bonchev–Trinajstić information content (AvgIpc) is 3.14. The molecule has 4 aliphatic carbocycles. The third kappa shape index (κ3) is 1.95. The van der Waals surface area contributed by atoms with Gasteiger partial charge in [-0.15, -0.1) is 0 Å². The van der Waals surface area contributed by atoms with Crippen LogP contribution in [0.1, 0.15) is 46.1 Å². The van der Waals surface area contributed by atoms with E-state index in [4.69, 9.17) is 13.7 Å². The first-order valence-corrected chi connectivity index (χ1v) is 12.5. The number of rotatable bonds is 4. The van der Waals surface area contributed by atoms with Crippen molar-refractivity contribution in [2.24, 2.45) is 22.2 Å². The van der Waals surface area contributed by atoms with Crippen LogP contribution in [0, 0.1) is 29.1 Å². The molecule has 1 saturated heterocycles. The van der Waals surface area contributed by atoms with E-state index < -0.39 is 43.9 Å². The van der Waals surface area contributed by atoms with Crippen molar-refractivity contribution in [1.82, 2.24) is 0 Å². The van der Waals surface area contributed by atoms with Gasteiger partial charge in [0.1, 0.15) is 16.8 Å². The normalized spacial score (nSPS) is 47.1. The summed E-state index contributed by atoms with van der Waals surface area (Å²) < 4.78 is 44.8. The van der Waals surface area contributed by atoms with Crippen LogP contribution in [0.3, 0.4) is 0 Å². The second-order valence-electron chi connectivity index (χ2n) is 10.5. The number of ether oxygens (including phenoxy) is 2. The molecule has 7 nitrogen and oxygen atoms in total. The van der Waals surface area contributed by atoms with Crippen molar-refractivity contribution >= 4 is 10.1 Å². The first-order chi connectivity index (χ1) is 14.8. The van der Waals surface area contributed by atoms with Crippen LogP contribution in [0.15, 0.2) is 40.5 Å². The van der Waals surface area contributed by atoms with E-state index in [2.05, 4.69) is 0 Å². The van der Waals surface area contributed by atoms with E-state index in [0.717, 1.165) is 5.56 Å². The monoisotopic (exact) mass is 464 g/mol. The molecule has 3 fully saturated rings. The molecule has 1 aromatic rings. The largest absolute Gasteiger partial charge is 0.388 e. The molecule has 4 bridgehead atoms. The van der Waals surface area contributed by atoms with Crippen molar-refractivity contribution in [2.75, 3.05) is 13.7 Å². The highest BCUT2D eigenvalue weighted by Gasteiger charge is 2.91. The lowest BCUT2D eigenvalue weighted by atomic mass is 9.35. The summed E-state index contributed by atoms with van der Waals surface area (Å²) in [5, 5.41) is 24.1. The van der Waals surface area contributed by atoms with Crippen molar-refractivity contribution in [1.29, 1.82) is 0 Å². The Kier molecular flexibility index (Phi) is 4.30. The Morgan fingerprint density at radius 2 is 1.78 bits per heavy atom. The van der Waals surface area contributed by atoms with Crippen LogP contribution < -0.4 is 0 Å². The van der Waals surface area contributed by atoms with Gasteiger partial charge in [0.05, 0.1) is 23.0 Å². The smallest absolute Gasteiger partial charge is 0.338 e. The zero-order valence-electron chi connectivity index (χ0n) is 19.4. The van der Waals surface area contributed by atoms with Crippen molar-refractivity contribution in [3.8, 4) is 0 Å². The van der Waals surface area contributed by atoms with Crippen LogP contribution in [0.4, 0.5) is 0 Å². The molecule has 6 rings (SSSR count). The maximum Gasteiger partial charge on any atom is 0.338 e. The highest BCUT2D eigenvalue weighted by molar-refractivity contribution is 7.86. The number of hydrogen-bond acceptors (Lipinski definition) is 7. The fraction of sp³-hybridized carbons (Fsp3) is 0.667. The topological polar surface area (TPSA) is 102 Å². The minimum Gasteiger partial charge on any atom is -0.388 e. The summed E-state index contributed by atoms with van der Waals surface area (Å²) >= 11 is 0. The fourth-order valence-electron chi connectivity index (χ4n) is 7.85. The Labute approximate surface area is 189 Å². The highest BCUT2D eigenvalue weighted by Crippen LogP contribution is 2.83. The molecular formula is C24H32O7S. The van der Waals surface area contributed by atoms with E-state index in [9.17, 15) is 18.6 Å². The van der Waals surface area contributed by atoms with E-state index in [-0.39, 0.29) is 23.2 Å². The standard InChI is InChI=1S/C24H32O7S/c1-14-7-9-17(10-8-14)32(27,28)31-18-16(3)23-15(2)11-12-22(23,26)20(4)13-30-24(29-6,19(23)25)21(18,20)5/h7-10,15,19,25-26H,11-13H2,1-6H3. The first kappa shape index (κ1) is 22.3. The third-order valence-electron chi connectivity index (χ3n) is 9.70. The van der Waals surface area contributed by atoms with Crippen LogP contribution in [-0.2, 0) is 23.8 Å². The van der Waals surface area contributed by atoms with Crippen LogP contribution in [0.25, 0.3) is 0 Å². The van der Waals surface area contributed by atoms with Crippen molar-refractivity contribution in [3.05, 3.63) is 41.2 Å². The number of aryl methyl sites for hydroxylation is 1. The molecule has 2 N–H and O–H groups in total. The maximum atomic E-state index is 13.4. The van der Waals surface area contributed by atoms with Crippen molar-refractivity contribution < 1.29 is 32.3 Å². The average molecular weight is 465 g/mol. The highest BCUT2D eigenvalue weighted by atomic mass is 32.2. The van der Waals surface area contributed by atoms with Crippen LogP contribution >= 0.6 is 0 Å². The predicted octanol–water partition coefficient (Wildman–Crippen LogP) is 2.90. The maximum absolute atomic E-state index is 13.4. The van der Waals surface area contributed by atoms with Gasteiger partial charge in [-0.05, 0) is 57.2 Å². The summed E-state index contributed by atoms with van der Waals surface area (Å²) in [6.07, 6.45) is -0.0121. The van der Waals surface area contributed by atoms with Gasteiger partial charge >= 0.3 is 10.1 Å². The molecule has 5 aliphatic rings. The minimum absolute atomic E-state index is 0.0473. The van der Waals surface area contributed by atoms with E-state index in [1.807, 2.05) is 20.8 Å². The molecule has 1 aliphatic heterocycles. The molecule has 0 radical (unpaired) electrons. The number of hydrogen-bond donors (Lipinski definition) is 2. The van der Waals surface area contributed by atoms with E-state index >= 15 is 0 Å². The summed E-state index contributed by atoms with van der Waals surface area (Å²) in [5.41, 5.74) is -3.12. The number of aliphatic hydroxyl groups excluding tert-OH is 1. The van der Waals surface area contributed by atoms with Crippen LogP contribution in [0.2, 0.25) is 0 Å².